The second-order valence-corrected chi connectivity index (χ2v) is 11.4. The summed E-state index contributed by atoms with van der Waals surface area (Å²) in [5.74, 6) is -0.156. The molecule has 0 amide bonds. The molecule has 0 N–H and O–H groups in total. The maximum Gasteiger partial charge on any atom is 0.243 e. The van der Waals surface area contributed by atoms with Crippen LogP contribution in [0.1, 0.15) is 11.5 Å². The van der Waals surface area contributed by atoms with Crippen LogP contribution in [0, 0.1) is 0 Å². The summed E-state index contributed by atoms with van der Waals surface area (Å²) in [6, 6.07) is 13.0. The summed E-state index contributed by atoms with van der Waals surface area (Å²) in [7, 11) is -5.93. The summed E-state index contributed by atoms with van der Waals surface area (Å²) in [4.78, 5) is 4.23. The number of morpholine rings is 1. The highest BCUT2D eigenvalue weighted by atomic mass is 32.2. The van der Waals surface area contributed by atoms with E-state index >= 15 is 0 Å². The summed E-state index contributed by atoms with van der Waals surface area (Å²) in [6.07, 6.45) is 0. The first-order valence-corrected chi connectivity index (χ1v) is 13.4. The largest absolute Gasteiger partial charge is 0.496 e. The average molecular weight is 494 g/mol. The molecule has 0 unspecified atom stereocenters. The van der Waals surface area contributed by atoms with E-state index in [0.29, 0.717) is 30.1 Å². The molecule has 0 spiro atoms. The number of aromatic nitrogens is 2. The molecule has 2 aromatic carbocycles. The Labute approximate surface area is 192 Å². The van der Waals surface area contributed by atoms with Gasteiger partial charge in [-0.15, -0.1) is 0 Å². The number of rotatable bonds is 8. The molecule has 3 aromatic rings. The number of hydrogen-bond acceptors (Lipinski definition) is 9. The monoisotopic (exact) mass is 493 g/mol. The molecule has 0 radical (unpaired) electrons. The first kappa shape index (κ1) is 23.4. The third-order valence-corrected chi connectivity index (χ3v) is 8.41. The third-order valence-electron chi connectivity index (χ3n) is 5.05. The summed E-state index contributed by atoms with van der Waals surface area (Å²) in [6.45, 7) is 1.18. The molecule has 176 valence electrons. The zero-order valence-electron chi connectivity index (χ0n) is 17.9. The number of para-hydroxylation sites is 1. The number of benzene rings is 2. The minimum Gasteiger partial charge on any atom is -0.496 e. The Hall–Kier alpha value is -2.80. The molecule has 2 heterocycles. The third kappa shape index (κ3) is 5.41. The lowest BCUT2D eigenvalue weighted by atomic mass is 10.2. The van der Waals surface area contributed by atoms with Crippen LogP contribution in [0.15, 0.2) is 57.9 Å². The Morgan fingerprint density at radius 2 is 1.76 bits per heavy atom. The fourth-order valence-electron chi connectivity index (χ4n) is 3.48. The Morgan fingerprint density at radius 3 is 2.52 bits per heavy atom. The Morgan fingerprint density at radius 1 is 1.00 bits per heavy atom. The average Bonchev–Trinajstić information content (AvgIpc) is 3.27. The zero-order valence-corrected chi connectivity index (χ0v) is 19.5. The van der Waals surface area contributed by atoms with Gasteiger partial charge in [-0.1, -0.05) is 29.4 Å². The van der Waals surface area contributed by atoms with Crippen molar-refractivity contribution in [2.75, 3.05) is 33.4 Å². The van der Waals surface area contributed by atoms with Gasteiger partial charge < -0.3 is 14.0 Å². The van der Waals surface area contributed by atoms with Gasteiger partial charge in [0.25, 0.3) is 0 Å². The van der Waals surface area contributed by atoms with E-state index in [1.165, 1.54) is 29.6 Å². The first-order valence-electron chi connectivity index (χ1n) is 10.1. The maximum atomic E-state index is 12.9. The van der Waals surface area contributed by atoms with Crippen LogP contribution in [0.5, 0.6) is 5.75 Å². The van der Waals surface area contributed by atoms with Gasteiger partial charge in [0, 0.05) is 13.1 Å². The lowest BCUT2D eigenvalue weighted by molar-refractivity contribution is 0.0730. The van der Waals surface area contributed by atoms with E-state index in [2.05, 4.69) is 10.1 Å². The molecule has 1 aliphatic heterocycles. The van der Waals surface area contributed by atoms with Gasteiger partial charge >= 0.3 is 0 Å². The predicted octanol–water partition coefficient (Wildman–Crippen LogP) is 1.88. The molecule has 0 atom stereocenters. The molecule has 1 saturated heterocycles. The summed E-state index contributed by atoms with van der Waals surface area (Å²) < 4.78 is 68.2. The molecule has 1 aromatic heterocycles. The molecule has 0 bridgehead atoms. The Kier molecular flexibility index (Phi) is 6.79. The van der Waals surface area contributed by atoms with Gasteiger partial charge in [0.15, 0.2) is 9.84 Å². The number of ether oxygens (including phenoxy) is 2. The Balaban J connectivity index is 1.50. The maximum absolute atomic E-state index is 12.9. The van der Waals surface area contributed by atoms with Crippen LogP contribution in [0.4, 0.5) is 0 Å². The van der Waals surface area contributed by atoms with Gasteiger partial charge in [-0.05, 0) is 29.8 Å². The van der Waals surface area contributed by atoms with Gasteiger partial charge in [-0.2, -0.15) is 9.29 Å². The van der Waals surface area contributed by atoms with Crippen molar-refractivity contribution in [1.29, 1.82) is 0 Å². The molecule has 33 heavy (non-hydrogen) atoms. The molecule has 1 aliphatic rings. The van der Waals surface area contributed by atoms with E-state index in [-0.39, 0.29) is 35.5 Å². The number of sulfone groups is 1. The van der Waals surface area contributed by atoms with E-state index in [1.807, 2.05) is 0 Å². The summed E-state index contributed by atoms with van der Waals surface area (Å²) in [5.41, 5.74) is 0.933. The van der Waals surface area contributed by atoms with Crippen LogP contribution in [0.25, 0.3) is 11.4 Å². The lowest BCUT2D eigenvalue weighted by Crippen LogP contribution is -2.40. The first-order chi connectivity index (χ1) is 15.8. The van der Waals surface area contributed by atoms with Crippen LogP contribution in [0.3, 0.4) is 0 Å². The predicted molar refractivity (Wildman–Crippen MR) is 119 cm³/mol. The molecule has 10 nitrogen and oxygen atoms in total. The van der Waals surface area contributed by atoms with Crippen molar-refractivity contribution in [2.24, 2.45) is 0 Å². The van der Waals surface area contributed by atoms with E-state index < -0.39 is 25.6 Å². The lowest BCUT2D eigenvalue weighted by Gasteiger charge is -2.26. The number of methoxy groups -OCH3 is 1. The molecule has 0 aliphatic carbocycles. The number of hydrogen-bond donors (Lipinski definition) is 0. The zero-order chi connectivity index (χ0) is 23.5. The van der Waals surface area contributed by atoms with Gasteiger partial charge in [0.2, 0.25) is 21.7 Å². The van der Waals surface area contributed by atoms with Crippen molar-refractivity contribution in [3.8, 4) is 17.1 Å². The van der Waals surface area contributed by atoms with E-state index in [4.69, 9.17) is 14.0 Å². The minimum absolute atomic E-state index is 0.0494. The van der Waals surface area contributed by atoms with Crippen molar-refractivity contribution in [3.05, 3.63) is 60.0 Å². The quantitative estimate of drug-likeness (QED) is 0.462. The standard InChI is InChI=1S/C21H23N3O7S2/c1-29-19-8-3-2-7-18(19)21-22-20(31-23-21)15-32(25,26)14-16-5-4-6-17(13-16)33(27,28)24-9-11-30-12-10-24/h2-8,13H,9-12,14-15H2,1H3. The molecular weight excluding hydrogens is 470 g/mol. The highest BCUT2D eigenvalue weighted by molar-refractivity contribution is 7.90. The second kappa shape index (κ2) is 9.59. The van der Waals surface area contributed by atoms with E-state index in [0.717, 1.165) is 0 Å². The molecule has 12 heteroatoms. The second-order valence-electron chi connectivity index (χ2n) is 7.41. The summed E-state index contributed by atoms with van der Waals surface area (Å²) in [5, 5.41) is 3.86. The van der Waals surface area contributed by atoms with Crippen LogP contribution < -0.4 is 4.74 Å². The molecule has 1 fully saturated rings. The minimum atomic E-state index is -3.73. The fourth-order valence-corrected chi connectivity index (χ4v) is 6.24. The van der Waals surface area contributed by atoms with Crippen LogP contribution in [-0.4, -0.2) is 64.7 Å². The van der Waals surface area contributed by atoms with Crippen LogP contribution in [0.2, 0.25) is 0 Å². The number of sulfonamides is 1. The van der Waals surface area contributed by atoms with Gasteiger partial charge in [-0.3, -0.25) is 0 Å². The van der Waals surface area contributed by atoms with Crippen molar-refractivity contribution in [3.63, 3.8) is 0 Å². The van der Waals surface area contributed by atoms with Crippen molar-refractivity contribution < 1.29 is 30.8 Å². The van der Waals surface area contributed by atoms with Crippen LogP contribution in [-0.2, 0) is 36.1 Å². The van der Waals surface area contributed by atoms with E-state index in [1.54, 1.807) is 30.3 Å². The Bertz CT molecular complexity index is 1330. The smallest absolute Gasteiger partial charge is 0.243 e. The summed E-state index contributed by atoms with van der Waals surface area (Å²) >= 11 is 0. The molecular formula is C21H23N3O7S2. The SMILES string of the molecule is COc1ccccc1-c1noc(CS(=O)(=O)Cc2cccc(S(=O)(=O)N3CCOCC3)c2)n1. The van der Waals surface area contributed by atoms with Crippen molar-refractivity contribution >= 4 is 19.9 Å². The normalized spacial score (nSPS) is 15.4. The highest BCUT2D eigenvalue weighted by Crippen LogP contribution is 2.27. The van der Waals surface area contributed by atoms with Crippen molar-refractivity contribution in [2.45, 2.75) is 16.4 Å². The van der Waals surface area contributed by atoms with Crippen molar-refractivity contribution in [1.82, 2.24) is 14.4 Å². The van der Waals surface area contributed by atoms with Gasteiger partial charge in [0.05, 0.1) is 36.5 Å². The highest BCUT2D eigenvalue weighted by Gasteiger charge is 2.27. The molecule has 0 saturated carbocycles. The van der Waals surface area contributed by atoms with Gasteiger partial charge in [0.1, 0.15) is 11.5 Å². The number of nitrogens with zero attached hydrogens (tertiary/aromatic N) is 3. The van der Waals surface area contributed by atoms with Crippen LogP contribution >= 0.6 is 0 Å². The van der Waals surface area contributed by atoms with Gasteiger partial charge in [-0.25, -0.2) is 16.8 Å². The van der Waals surface area contributed by atoms with E-state index in [9.17, 15) is 16.8 Å². The molecule has 4 rings (SSSR count). The topological polar surface area (TPSA) is 129 Å². The fraction of sp³-hybridized carbons (Fsp3) is 0.333.